The molecule has 1 atom stereocenters. The molecule has 0 radical (unpaired) electrons. The predicted octanol–water partition coefficient (Wildman–Crippen LogP) is 4.06. The molecular weight excluding hydrogens is 274 g/mol. The van der Waals surface area contributed by atoms with E-state index in [2.05, 4.69) is 44.9 Å². The lowest BCUT2D eigenvalue weighted by Crippen LogP contribution is -2.42. The van der Waals surface area contributed by atoms with Crippen LogP contribution in [0.4, 0.5) is 0 Å². The lowest BCUT2D eigenvalue weighted by molar-refractivity contribution is -0.0142. The van der Waals surface area contributed by atoms with Gasteiger partial charge in [-0.1, -0.05) is 45.7 Å². The second-order valence-electron chi connectivity index (χ2n) is 6.28. The van der Waals surface area contributed by atoms with Crippen LogP contribution in [-0.2, 0) is 0 Å². The van der Waals surface area contributed by atoms with E-state index in [-0.39, 0.29) is 5.92 Å². The molecular formula is C19H33NO2. The van der Waals surface area contributed by atoms with Crippen molar-refractivity contribution in [3.63, 3.8) is 0 Å². The molecule has 126 valence electrons. The summed E-state index contributed by atoms with van der Waals surface area (Å²) in [4.78, 5) is 2.28. The number of rotatable bonds is 10. The number of methoxy groups -OCH3 is 1. The molecule has 3 nitrogen and oxygen atoms in total. The topological polar surface area (TPSA) is 32.7 Å². The van der Waals surface area contributed by atoms with Crippen LogP contribution in [0.15, 0.2) is 24.3 Å². The van der Waals surface area contributed by atoms with Gasteiger partial charge in [-0.2, -0.15) is 0 Å². The highest BCUT2D eigenvalue weighted by Gasteiger charge is 2.36. The fourth-order valence-corrected chi connectivity index (χ4v) is 3.20. The minimum Gasteiger partial charge on any atom is -0.497 e. The summed E-state index contributed by atoms with van der Waals surface area (Å²) < 4.78 is 5.26. The molecule has 0 aliphatic carbocycles. The first-order valence-corrected chi connectivity index (χ1v) is 8.55. The normalized spacial score (nSPS) is 13.4. The van der Waals surface area contributed by atoms with Gasteiger partial charge in [-0.05, 0) is 44.1 Å². The summed E-state index contributed by atoms with van der Waals surface area (Å²) in [5, 5.41) is 11.3. The molecule has 0 aliphatic heterocycles. The van der Waals surface area contributed by atoms with Crippen LogP contribution in [-0.4, -0.2) is 42.9 Å². The number of nitrogens with zero attached hydrogens (tertiary/aromatic N) is 1. The average Bonchev–Trinajstić information content (AvgIpc) is 2.53. The molecule has 1 aromatic carbocycles. The van der Waals surface area contributed by atoms with Crippen molar-refractivity contribution in [2.24, 2.45) is 0 Å². The third-order valence-electron chi connectivity index (χ3n) is 4.57. The highest BCUT2D eigenvalue weighted by atomic mass is 16.5. The van der Waals surface area contributed by atoms with Crippen LogP contribution in [0.1, 0.15) is 57.9 Å². The van der Waals surface area contributed by atoms with Gasteiger partial charge in [-0.25, -0.2) is 0 Å². The molecule has 1 aromatic rings. The van der Waals surface area contributed by atoms with E-state index in [1.54, 1.807) is 7.11 Å². The Bertz CT molecular complexity index is 410. The Morgan fingerprint density at radius 2 is 1.64 bits per heavy atom. The van der Waals surface area contributed by atoms with Crippen LogP contribution in [0.5, 0.6) is 5.75 Å². The van der Waals surface area contributed by atoms with Gasteiger partial charge in [0.15, 0.2) is 0 Å². The Hall–Kier alpha value is -1.06. The van der Waals surface area contributed by atoms with Gasteiger partial charge in [-0.15, -0.1) is 0 Å². The Morgan fingerprint density at radius 1 is 1.09 bits per heavy atom. The lowest BCUT2D eigenvalue weighted by Gasteiger charge is -2.38. The average molecular weight is 307 g/mol. The van der Waals surface area contributed by atoms with Gasteiger partial charge in [-0.3, -0.25) is 0 Å². The van der Waals surface area contributed by atoms with E-state index in [9.17, 15) is 5.11 Å². The molecule has 1 rings (SSSR count). The third kappa shape index (κ3) is 4.99. The number of likely N-dealkylation sites (N-methyl/N-ethyl adjacent to an activating group) is 1. The number of ether oxygens (including phenoxy) is 1. The molecule has 0 amide bonds. The zero-order valence-corrected chi connectivity index (χ0v) is 14.9. The quantitative estimate of drug-likeness (QED) is 0.707. The van der Waals surface area contributed by atoms with Gasteiger partial charge < -0.3 is 14.7 Å². The van der Waals surface area contributed by atoms with Crippen molar-refractivity contribution in [1.29, 1.82) is 0 Å². The molecule has 0 heterocycles. The Labute approximate surface area is 136 Å². The minimum atomic E-state index is -0.637. The van der Waals surface area contributed by atoms with Crippen molar-refractivity contribution in [2.75, 3.05) is 27.2 Å². The summed E-state index contributed by atoms with van der Waals surface area (Å²) >= 11 is 0. The molecule has 3 heteroatoms. The maximum atomic E-state index is 11.3. The second kappa shape index (κ2) is 9.16. The lowest BCUT2D eigenvalue weighted by atomic mass is 9.76. The zero-order chi connectivity index (χ0) is 16.6. The van der Waals surface area contributed by atoms with E-state index < -0.39 is 5.60 Å². The van der Waals surface area contributed by atoms with Gasteiger partial charge in [0, 0.05) is 12.5 Å². The van der Waals surface area contributed by atoms with Gasteiger partial charge in [0.25, 0.3) is 0 Å². The number of hydrogen-bond acceptors (Lipinski definition) is 3. The predicted molar refractivity (Wildman–Crippen MR) is 93.7 cm³/mol. The molecule has 0 saturated carbocycles. The van der Waals surface area contributed by atoms with E-state index in [1.807, 2.05) is 12.1 Å². The highest BCUT2D eigenvalue weighted by Crippen LogP contribution is 2.37. The summed E-state index contributed by atoms with van der Waals surface area (Å²) in [7, 11) is 3.80. The summed E-state index contributed by atoms with van der Waals surface area (Å²) in [5.41, 5.74) is 0.562. The minimum absolute atomic E-state index is 0.128. The van der Waals surface area contributed by atoms with E-state index >= 15 is 0 Å². The van der Waals surface area contributed by atoms with Crippen molar-refractivity contribution in [2.45, 2.75) is 58.0 Å². The monoisotopic (exact) mass is 307 g/mol. The SMILES string of the molecule is CCCC(O)(CCC)C(CN(C)CC)c1ccc(OC)cc1. The summed E-state index contributed by atoms with van der Waals surface area (Å²) in [6.07, 6.45) is 3.68. The molecule has 0 fully saturated rings. The zero-order valence-electron chi connectivity index (χ0n) is 14.9. The Kier molecular flexibility index (Phi) is 7.91. The maximum absolute atomic E-state index is 11.3. The smallest absolute Gasteiger partial charge is 0.118 e. The molecule has 1 N–H and O–H groups in total. The van der Waals surface area contributed by atoms with Crippen LogP contribution in [0.25, 0.3) is 0 Å². The van der Waals surface area contributed by atoms with Gasteiger partial charge in [0.05, 0.1) is 12.7 Å². The Morgan fingerprint density at radius 3 is 2.05 bits per heavy atom. The fraction of sp³-hybridized carbons (Fsp3) is 0.684. The molecule has 0 bridgehead atoms. The molecule has 1 unspecified atom stereocenters. The third-order valence-corrected chi connectivity index (χ3v) is 4.57. The van der Waals surface area contributed by atoms with Crippen LogP contribution >= 0.6 is 0 Å². The number of aliphatic hydroxyl groups is 1. The molecule has 0 aliphatic rings. The second-order valence-corrected chi connectivity index (χ2v) is 6.28. The first-order chi connectivity index (χ1) is 10.5. The summed E-state index contributed by atoms with van der Waals surface area (Å²) in [6, 6.07) is 8.19. The first-order valence-electron chi connectivity index (χ1n) is 8.55. The van der Waals surface area contributed by atoms with Gasteiger partial charge >= 0.3 is 0 Å². The molecule has 0 saturated heterocycles. The van der Waals surface area contributed by atoms with Crippen molar-refractivity contribution in [1.82, 2.24) is 4.90 Å². The van der Waals surface area contributed by atoms with Crippen LogP contribution in [0.2, 0.25) is 0 Å². The van der Waals surface area contributed by atoms with E-state index in [1.165, 1.54) is 5.56 Å². The largest absolute Gasteiger partial charge is 0.497 e. The van der Waals surface area contributed by atoms with Crippen LogP contribution in [0, 0.1) is 0 Å². The van der Waals surface area contributed by atoms with E-state index in [0.717, 1.165) is 44.5 Å². The first kappa shape index (κ1) is 19.0. The number of benzene rings is 1. The maximum Gasteiger partial charge on any atom is 0.118 e. The van der Waals surface area contributed by atoms with E-state index in [4.69, 9.17) is 4.74 Å². The van der Waals surface area contributed by atoms with Crippen molar-refractivity contribution >= 4 is 0 Å². The van der Waals surface area contributed by atoms with Crippen molar-refractivity contribution < 1.29 is 9.84 Å². The van der Waals surface area contributed by atoms with Gasteiger partial charge in [0.2, 0.25) is 0 Å². The standard InChI is InChI=1S/C19H33NO2/c1-6-13-19(21,14-7-2)18(15-20(4)8-3)16-9-11-17(22-5)12-10-16/h9-12,18,21H,6-8,13-15H2,1-5H3. The van der Waals surface area contributed by atoms with Crippen molar-refractivity contribution in [3.05, 3.63) is 29.8 Å². The highest BCUT2D eigenvalue weighted by molar-refractivity contribution is 5.31. The molecule has 0 spiro atoms. The summed E-state index contributed by atoms with van der Waals surface area (Å²) in [5.74, 6) is 0.990. The number of hydrogen-bond donors (Lipinski definition) is 1. The van der Waals surface area contributed by atoms with Gasteiger partial charge in [0.1, 0.15) is 5.75 Å². The molecule has 22 heavy (non-hydrogen) atoms. The van der Waals surface area contributed by atoms with Crippen LogP contribution in [0.3, 0.4) is 0 Å². The van der Waals surface area contributed by atoms with Crippen molar-refractivity contribution in [3.8, 4) is 5.75 Å². The fourth-order valence-electron chi connectivity index (χ4n) is 3.20. The van der Waals surface area contributed by atoms with Crippen LogP contribution < -0.4 is 4.74 Å². The summed E-state index contributed by atoms with van der Waals surface area (Å²) in [6.45, 7) is 8.31. The Balaban J connectivity index is 3.13. The molecule has 0 aromatic heterocycles. The van der Waals surface area contributed by atoms with E-state index in [0.29, 0.717) is 0 Å².